The van der Waals surface area contributed by atoms with E-state index in [0.717, 1.165) is 36.2 Å². The molecule has 3 N–H and O–H groups in total. The molecule has 3 unspecified atom stereocenters. The van der Waals surface area contributed by atoms with E-state index in [1.54, 1.807) is 6.33 Å². The van der Waals surface area contributed by atoms with Crippen LogP contribution in [0.25, 0.3) is 0 Å². The number of fused-ring (bicyclic) bond motifs is 1. The van der Waals surface area contributed by atoms with Gasteiger partial charge in [0.25, 0.3) is 0 Å². The molecular formula is C16H26N4O. The van der Waals surface area contributed by atoms with Crippen molar-refractivity contribution in [1.82, 2.24) is 20.6 Å². The minimum Gasteiger partial charge on any atom is -0.355 e. The smallest absolute Gasteiger partial charge is 0.237 e. The SMILES string of the molecule is CC1CCCC(CCNC(=O)C2Cc3nc[nH]c3CN2)C1. The molecule has 3 rings (SSSR count). The number of aromatic nitrogens is 2. The van der Waals surface area contributed by atoms with Crippen molar-refractivity contribution in [3.8, 4) is 0 Å². The van der Waals surface area contributed by atoms with Crippen LogP contribution in [-0.2, 0) is 17.8 Å². The monoisotopic (exact) mass is 290 g/mol. The van der Waals surface area contributed by atoms with Crippen LogP contribution in [0.15, 0.2) is 6.33 Å². The van der Waals surface area contributed by atoms with Crippen LogP contribution in [0.1, 0.15) is 50.4 Å². The van der Waals surface area contributed by atoms with Crippen LogP contribution in [0.4, 0.5) is 0 Å². The lowest BCUT2D eigenvalue weighted by molar-refractivity contribution is -0.123. The predicted octanol–water partition coefficient (Wildman–Crippen LogP) is 1.76. The summed E-state index contributed by atoms with van der Waals surface area (Å²) in [6.07, 6.45) is 8.90. The van der Waals surface area contributed by atoms with E-state index in [9.17, 15) is 4.79 Å². The molecule has 1 aliphatic carbocycles. The highest BCUT2D eigenvalue weighted by atomic mass is 16.2. The molecule has 3 atom stereocenters. The fourth-order valence-corrected chi connectivity index (χ4v) is 3.70. The zero-order valence-electron chi connectivity index (χ0n) is 12.8. The van der Waals surface area contributed by atoms with Gasteiger partial charge in [-0.15, -0.1) is 0 Å². The first-order chi connectivity index (χ1) is 10.2. The normalized spacial score (nSPS) is 28.9. The van der Waals surface area contributed by atoms with Crippen molar-refractivity contribution in [2.75, 3.05) is 6.54 Å². The number of hydrogen-bond acceptors (Lipinski definition) is 3. The van der Waals surface area contributed by atoms with Crippen LogP contribution in [0.5, 0.6) is 0 Å². The Bertz CT molecular complexity index is 484. The van der Waals surface area contributed by atoms with E-state index >= 15 is 0 Å². The lowest BCUT2D eigenvalue weighted by Crippen LogP contribution is -2.48. The van der Waals surface area contributed by atoms with Crippen LogP contribution in [0.2, 0.25) is 0 Å². The second-order valence-electron chi connectivity index (χ2n) is 6.68. The number of carbonyl (C=O) groups is 1. The molecule has 1 aromatic rings. The van der Waals surface area contributed by atoms with Gasteiger partial charge in [-0.3, -0.25) is 10.1 Å². The van der Waals surface area contributed by atoms with Crippen molar-refractivity contribution in [1.29, 1.82) is 0 Å². The summed E-state index contributed by atoms with van der Waals surface area (Å²) in [6.45, 7) is 3.85. The molecule has 1 saturated carbocycles. The maximum absolute atomic E-state index is 12.2. The van der Waals surface area contributed by atoms with Gasteiger partial charge in [0.2, 0.25) is 5.91 Å². The number of nitrogens with zero attached hydrogens (tertiary/aromatic N) is 1. The summed E-state index contributed by atoms with van der Waals surface area (Å²) >= 11 is 0. The molecule has 2 heterocycles. The van der Waals surface area contributed by atoms with Crippen molar-refractivity contribution in [3.05, 3.63) is 17.7 Å². The Kier molecular flexibility index (Phi) is 4.58. The molecular weight excluding hydrogens is 264 g/mol. The molecule has 21 heavy (non-hydrogen) atoms. The predicted molar refractivity (Wildman–Crippen MR) is 81.7 cm³/mol. The first-order valence-corrected chi connectivity index (χ1v) is 8.24. The summed E-state index contributed by atoms with van der Waals surface area (Å²) in [4.78, 5) is 19.6. The van der Waals surface area contributed by atoms with Gasteiger partial charge in [0.15, 0.2) is 0 Å². The molecule has 0 spiro atoms. The lowest BCUT2D eigenvalue weighted by atomic mass is 9.81. The Morgan fingerprint density at radius 1 is 1.48 bits per heavy atom. The van der Waals surface area contributed by atoms with Crippen molar-refractivity contribution < 1.29 is 4.79 Å². The summed E-state index contributed by atoms with van der Waals surface area (Å²) in [5, 5.41) is 6.37. The molecule has 0 aromatic carbocycles. The first kappa shape index (κ1) is 14.6. The molecule has 5 nitrogen and oxygen atoms in total. The third-order valence-corrected chi connectivity index (χ3v) is 4.94. The topological polar surface area (TPSA) is 69.8 Å². The van der Waals surface area contributed by atoms with Gasteiger partial charge < -0.3 is 10.3 Å². The maximum atomic E-state index is 12.2. The fourth-order valence-electron chi connectivity index (χ4n) is 3.70. The number of H-pyrrole nitrogens is 1. The quantitative estimate of drug-likeness (QED) is 0.791. The van der Waals surface area contributed by atoms with Gasteiger partial charge in [-0.25, -0.2) is 4.98 Å². The zero-order valence-corrected chi connectivity index (χ0v) is 12.8. The Morgan fingerprint density at radius 2 is 2.38 bits per heavy atom. The zero-order chi connectivity index (χ0) is 14.7. The molecule has 0 radical (unpaired) electrons. The number of aromatic amines is 1. The van der Waals surface area contributed by atoms with Crippen molar-refractivity contribution >= 4 is 5.91 Å². The van der Waals surface area contributed by atoms with E-state index in [4.69, 9.17) is 0 Å². The number of carbonyl (C=O) groups excluding carboxylic acids is 1. The third-order valence-electron chi connectivity index (χ3n) is 4.94. The first-order valence-electron chi connectivity index (χ1n) is 8.24. The van der Waals surface area contributed by atoms with Gasteiger partial charge >= 0.3 is 0 Å². The van der Waals surface area contributed by atoms with E-state index in [0.29, 0.717) is 13.0 Å². The van der Waals surface area contributed by atoms with Gasteiger partial charge in [-0.05, 0) is 24.7 Å². The Morgan fingerprint density at radius 3 is 3.24 bits per heavy atom. The number of imidazole rings is 1. The van der Waals surface area contributed by atoms with Gasteiger partial charge in [-0.1, -0.05) is 26.2 Å². The average molecular weight is 290 g/mol. The van der Waals surface area contributed by atoms with Crippen molar-refractivity contribution in [2.24, 2.45) is 11.8 Å². The van der Waals surface area contributed by atoms with Gasteiger partial charge in [0, 0.05) is 19.5 Å². The van der Waals surface area contributed by atoms with Gasteiger partial charge in [0.05, 0.1) is 23.8 Å². The Balaban J connectivity index is 1.41. The van der Waals surface area contributed by atoms with Crippen molar-refractivity contribution in [2.45, 2.75) is 58.0 Å². The summed E-state index contributed by atoms with van der Waals surface area (Å²) in [5.74, 6) is 1.77. The van der Waals surface area contributed by atoms with Gasteiger partial charge in [0.1, 0.15) is 0 Å². The van der Waals surface area contributed by atoms with Crippen LogP contribution in [-0.4, -0.2) is 28.5 Å². The number of rotatable bonds is 4. The highest BCUT2D eigenvalue weighted by molar-refractivity contribution is 5.82. The van der Waals surface area contributed by atoms with E-state index < -0.39 is 0 Å². The largest absolute Gasteiger partial charge is 0.355 e. The molecule has 1 fully saturated rings. The van der Waals surface area contributed by atoms with Crippen LogP contribution in [0, 0.1) is 11.8 Å². The van der Waals surface area contributed by atoms with Crippen molar-refractivity contribution in [3.63, 3.8) is 0 Å². The molecule has 1 aliphatic heterocycles. The molecule has 0 saturated heterocycles. The lowest BCUT2D eigenvalue weighted by Gasteiger charge is -2.27. The third kappa shape index (κ3) is 3.64. The highest BCUT2D eigenvalue weighted by Crippen LogP contribution is 2.30. The second kappa shape index (κ2) is 6.60. The maximum Gasteiger partial charge on any atom is 0.237 e. The van der Waals surface area contributed by atoms with E-state index in [1.165, 1.54) is 25.7 Å². The average Bonchev–Trinajstić information content (AvgIpc) is 2.94. The van der Waals surface area contributed by atoms with Crippen LogP contribution < -0.4 is 10.6 Å². The molecule has 1 amide bonds. The number of amides is 1. The molecule has 0 bridgehead atoms. The molecule has 1 aromatic heterocycles. The Hall–Kier alpha value is -1.36. The molecule has 2 aliphatic rings. The van der Waals surface area contributed by atoms with Crippen LogP contribution in [0.3, 0.4) is 0 Å². The molecule has 5 heteroatoms. The number of hydrogen-bond donors (Lipinski definition) is 3. The van der Waals surface area contributed by atoms with Crippen LogP contribution >= 0.6 is 0 Å². The standard InChI is InChI=1S/C16H26N4O/c1-11-3-2-4-12(7-11)5-6-17-16(21)14-8-13-15(9-18-14)20-10-19-13/h10-12,14,18H,2-9H2,1H3,(H,17,21)(H,19,20). The fraction of sp³-hybridized carbons (Fsp3) is 0.750. The summed E-state index contributed by atoms with van der Waals surface area (Å²) in [6, 6.07) is -0.133. The summed E-state index contributed by atoms with van der Waals surface area (Å²) < 4.78 is 0. The minimum absolute atomic E-state index is 0.118. The van der Waals surface area contributed by atoms with E-state index in [-0.39, 0.29) is 11.9 Å². The highest BCUT2D eigenvalue weighted by Gasteiger charge is 2.26. The van der Waals surface area contributed by atoms with Gasteiger partial charge in [-0.2, -0.15) is 0 Å². The molecule has 116 valence electrons. The minimum atomic E-state index is -0.133. The second-order valence-corrected chi connectivity index (χ2v) is 6.68. The Labute approximate surface area is 126 Å². The number of nitrogens with one attached hydrogen (secondary N) is 3. The summed E-state index contributed by atoms with van der Waals surface area (Å²) in [5.41, 5.74) is 2.13. The van der Waals surface area contributed by atoms with E-state index in [2.05, 4.69) is 27.5 Å². The van der Waals surface area contributed by atoms with E-state index in [1.807, 2.05) is 0 Å². The summed E-state index contributed by atoms with van der Waals surface area (Å²) in [7, 11) is 0.